The van der Waals surface area contributed by atoms with Crippen molar-refractivity contribution in [3.8, 4) is 0 Å². The van der Waals surface area contributed by atoms with Gasteiger partial charge in [0, 0.05) is 0 Å². The summed E-state index contributed by atoms with van der Waals surface area (Å²) in [4.78, 5) is 0. The summed E-state index contributed by atoms with van der Waals surface area (Å²) >= 11 is 0. The van der Waals surface area contributed by atoms with Gasteiger partial charge in [-0.15, -0.1) is 0 Å². The van der Waals surface area contributed by atoms with Crippen molar-refractivity contribution in [1.82, 2.24) is 0 Å². The largest absolute Gasteiger partial charge is 0.0843 e. The van der Waals surface area contributed by atoms with Crippen molar-refractivity contribution in [3.63, 3.8) is 0 Å². The molecule has 0 N–H and O–H groups in total. The molecule has 0 heterocycles. The Morgan fingerprint density at radius 1 is 0.778 bits per heavy atom. The van der Waals surface area contributed by atoms with Gasteiger partial charge in [-0.05, 0) is 29.5 Å². The molecule has 0 spiro atoms. The quantitative estimate of drug-likeness (QED) is 0.714. The lowest BCUT2D eigenvalue weighted by molar-refractivity contribution is 0.868. The summed E-state index contributed by atoms with van der Waals surface area (Å²) in [6.45, 7) is 5.05. The van der Waals surface area contributed by atoms with Crippen LogP contribution in [0.25, 0.3) is 0 Å². The average molecular weight is 252 g/mol. The predicted octanol–water partition coefficient (Wildman–Crippen LogP) is 3.77. The minimum absolute atomic E-state index is 0.859. The molecular formula is C17H20Si. The maximum atomic E-state index is 2.53. The smallest absolute Gasteiger partial charge is 0.0652 e. The van der Waals surface area contributed by atoms with E-state index in [1.807, 2.05) is 0 Å². The highest BCUT2D eigenvalue weighted by Gasteiger charge is 2.37. The Morgan fingerprint density at radius 2 is 1.28 bits per heavy atom. The first-order valence-electron chi connectivity index (χ1n) is 6.80. The molecule has 0 saturated carbocycles. The summed E-state index contributed by atoms with van der Waals surface area (Å²) in [5, 5.41) is 1.60. The SMILES string of the molecule is C[Si](C)(c1ccccc1)C1Cc2ccccc2C1. The molecule has 0 saturated heterocycles. The summed E-state index contributed by atoms with van der Waals surface area (Å²) < 4.78 is 0. The van der Waals surface area contributed by atoms with Crippen LogP contribution in [0, 0.1) is 0 Å². The maximum absolute atomic E-state index is 2.53. The van der Waals surface area contributed by atoms with E-state index < -0.39 is 8.07 Å². The Morgan fingerprint density at radius 3 is 1.83 bits per heavy atom. The molecule has 2 aromatic rings. The fourth-order valence-corrected chi connectivity index (χ4v) is 6.16. The van der Waals surface area contributed by atoms with E-state index in [0.717, 1.165) is 5.54 Å². The molecule has 0 bridgehead atoms. The molecule has 0 unspecified atom stereocenters. The first-order chi connectivity index (χ1) is 8.68. The summed E-state index contributed by atoms with van der Waals surface area (Å²) in [6, 6.07) is 20.1. The van der Waals surface area contributed by atoms with Crippen LogP contribution in [0.4, 0.5) is 0 Å². The highest BCUT2D eigenvalue weighted by molar-refractivity contribution is 6.91. The summed E-state index contributed by atoms with van der Waals surface area (Å²) in [7, 11) is -1.34. The Labute approximate surface area is 111 Å². The summed E-state index contributed by atoms with van der Waals surface area (Å²) in [6.07, 6.45) is 2.56. The van der Waals surface area contributed by atoms with Crippen molar-refractivity contribution < 1.29 is 0 Å². The van der Waals surface area contributed by atoms with Crippen LogP contribution in [-0.4, -0.2) is 8.07 Å². The van der Waals surface area contributed by atoms with Crippen LogP contribution in [0.2, 0.25) is 18.6 Å². The average Bonchev–Trinajstić information content (AvgIpc) is 2.84. The van der Waals surface area contributed by atoms with Gasteiger partial charge in [0.05, 0.1) is 8.07 Å². The molecule has 18 heavy (non-hydrogen) atoms. The standard InChI is InChI=1S/C17H20Si/c1-18(2,16-10-4-3-5-11-16)17-12-14-8-6-7-9-15(14)13-17/h3-11,17H,12-13H2,1-2H3. The van der Waals surface area contributed by atoms with Gasteiger partial charge in [-0.2, -0.15) is 0 Å². The van der Waals surface area contributed by atoms with Crippen molar-refractivity contribution >= 4 is 13.3 Å². The molecule has 0 nitrogen and oxygen atoms in total. The van der Waals surface area contributed by atoms with Crippen LogP contribution >= 0.6 is 0 Å². The molecule has 0 amide bonds. The van der Waals surface area contributed by atoms with E-state index in [0.29, 0.717) is 0 Å². The van der Waals surface area contributed by atoms with E-state index in [9.17, 15) is 0 Å². The monoisotopic (exact) mass is 252 g/mol. The molecule has 1 aliphatic rings. The van der Waals surface area contributed by atoms with E-state index in [2.05, 4.69) is 67.7 Å². The summed E-state index contributed by atoms with van der Waals surface area (Å²) in [5.74, 6) is 0. The minimum Gasteiger partial charge on any atom is -0.0652 e. The van der Waals surface area contributed by atoms with Gasteiger partial charge in [0.15, 0.2) is 0 Å². The lowest BCUT2D eigenvalue weighted by Gasteiger charge is -2.30. The van der Waals surface area contributed by atoms with Gasteiger partial charge in [-0.3, -0.25) is 0 Å². The zero-order chi connectivity index (χ0) is 12.6. The van der Waals surface area contributed by atoms with Gasteiger partial charge in [-0.1, -0.05) is 72.9 Å². The lowest BCUT2D eigenvalue weighted by Crippen LogP contribution is -2.46. The fourth-order valence-electron chi connectivity index (χ4n) is 3.17. The molecule has 0 fully saturated rings. The second kappa shape index (κ2) is 4.40. The van der Waals surface area contributed by atoms with Crippen LogP contribution in [0.3, 0.4) is 0 Å². The Hall–Kier alpha value is -1.34. The third-order valence-corrected chi connectivity index (χ3v) is 8.86. The molecule has 0 atom stereocenters. The normalized spacial score (nSPS) is 15.7. The van der Waals surface area contributed by atoms with E-state index >= 15 is 0 Å². The van der Waals surface area contributed by atoms with E-state index in [1.165, 1.54) is 12.8 Å². The second-order valence-electron chi connectivity index (χ2n) is 5.96. The molecule has 0 aliphatic heterocycles. The highest BCUT2D eigenvalue weighted by Crippen LogP contribution is 2.37. The number of fused-ring (bicyclic) bond motifs is 1. The third-order valence-electron chi connectivity index (χ3n) is 4.59. The molecule has 92 valence electrons. The van der Waals surface area contributed by atoms with Gasteiger partial charge in [-0.25, -0.2) is 0 Å². The molecule has 3 rings (SSSR count). The van der Waals surface area contributed by atoms with Crippen molar-refractivity contribution in [3.05, 3.63) is 65.7 Å². The Balaban J connectivity index is 1.90. The zero-order valence-electron chi connectivity index (χ0n) is 11.2. The number of hydrogen-bond acceptors (Lipinski definition) is 0. The predicted molar refractivity (Wildman–Crippen MR) is 81.2 cm³/mol. The second-order valence-corrected chi connectivity index (χ2v) is 10.8. The van der Waals surface area contributed by atoms with Crippen LogP contribution in [-0.2, 0) is 12.8 Å². The first kappa shape index (κ1) is 11.7. The van der Waals surface area contributed by atoms with Gasteiger partial charge in [0.1, 0.15) is 0 Å². The van der Waals surface area contributed by atoms with Crippen LogP contribution < -0.4 is 5.19 Å². The molecular weight excluding hydrogens is 232 g/mol. The lowest BCUT2D eigenvalue weighted by atomic mass is 10.1. The van der Waals surface area contributed by atoms with E-state index in [1.54, 1.807) is 16.3 Å². The van der Waals surface area contributed by atoms with Gasteiger partial charge < -0.3 is 0 Å². The van der Waals surface area contributed by atoms with Crippen molar-refractivity contribution in [2.24, 2.45) is 0 Å². The van der Waals surface area contributed by atoms with Crippen molar-refractivity contribution in [2.75, 3.05) is 0 Å². The topological polar surface area (TPSA) is 0 Å². The summed E-state index contributed by atoms with van der Waals surface area (Å²) in [5.41, 5.74) is 4.02. The maximum Gasteiger partial charge on any atom is 0.0843 e. The Bertz CT molecular complexity index is 518. The molecule has 2 aromatic carbocycles. The molecule has 1 aliphatic carbocycles. The number of hydrogen-bond donors (Lipinski definition) is 0. The highest BCUT2D eigenvalue weighted by atomic mass is 28.3. The zero-order valence-corrected chi connectivity index (χ0v) is 12.2. The van der Waals surface area contributed by atoms with Crippen LogP contribution in [0.5, 0.6) is 0 Å². The van der Waals surface area contributed by atoms with Gasteiger partial charge in [0.2, 0.25) is 0 Å². The van der Waals surface area contributed by atoms with E-state index in [-0.39, 0.29) is 0 Å². The fraction of sp³-hybridized carbons (Fsp3) is 0.294. The number of benzene rings is 2. The van der Waals surface area contributed by atoms with Crippen LogP contribution in [0.1, 0.15) is 11.1 Å². The third kappa shape index (κ3) is 1.93. The minimum atomic E-state index is -1.34. The van der Waals surface area contributed by atoms with Gasteiger partial charge in [0.25, 0.3) is 0 Å². The van der Waals surface area contributed by atoms with Crippen LogP contribution in [0.15, 0.2) is 54.6 Å². The first-order valence-corrected chi connectivity index (χ1v) is 9.88. The van der Waals surface area contributed by atoms with Gasteiger partial charge >= 0.3 is 0 Å². The van der Waals surface area contributed by atoms with Crippen molar-refractivity contribution in [2.45, 2.75) is 31.5 Å². The van der Waals surface area contributed by atoms with E-state index in [4.69, 9.17) is 0 Å². The molecule has 1 heteroatoms. The van der Waals surface area contributed by atoms with Crippen molar-refractivity contribution in [1.29, 1.82) is 0 Å². The Kier molecular flexibility index (Phi) is 2.87. The molecule has 0 aromatic heterocycles. The molecule has 0 radical (unpaired) electrons. The number of rotatable bonds is 2.